The molecule has 2 amide bonds. The van der Waals surface area contributed by atoms with Crippen molar-refractivity contribution in [1.29, 1.82) is 0 Å². The van der Waals surface area contributed by atoms with E-state index in [1.54, 1.807) is 0 Å². The number of nitrogens with one attached hydrogen (secondary N) is 2. The van der Waals surface area contributed by atoms with Crippen LogP contribution in [0.5, 0.6) is 0 Å². The van der Waals surface area contributed by atoms with Gasteiger partial charge < -0.3 is 20.6 Å². The first-order valence-corrected chi connectivity index (χ1v) is 17.5. The van der Waals surface area contributed by atoms with Gasteiger partial charge in [0.05, 0.1) is 6.04 Å². The maximum atomic E-state index is 13.4. The van der Waals surface area contributed by atoms with E-state index in [-0.39, 0.29) is 23.9 Å². The number of rotatable bonds is 9. The lowest BCUT2D eigenvalue weighted by Gasteiger charge is -2.29. The Kier molecular flexibility index (Phi) is 12.8. The molecular weight excluding hydrogens is 667 g/mol. The van der Waals surface area contributed by atoms with Gasteiger partial charge in [0, 0.05) is 37.1 Å². The fourth-order valence-electron chi connectivity index (χ4n) is 7.01. The Morgan fingerprint density at radius 1 is 0.980 bits per heavy atom. The van der Waals surface area contributed by atoms with E-state index < -0.39 is 12.1 Å². The number of carbonyl (C=O) groups is 3. The van der Waals surface area contributed by atoms with Crippen molar-refractivity contribution in [2.24, 2.45) is 0 Å². The number of carboxylic acids is 1. The number of allylic oxidation sites excluding steroid dienone is 1. The highest BCUT2D eigenvalue weighted by molar-refractivity contribution is 6.30. The van der Waals surface area contributed by atoms with Crippen molar-refractivity contribution in [2.75, 3.05) is 6.54 Å². The van der Waals surface area contributed by atoms with E-state index in [0.717, 1.165) is 69.6 Å². The number of fused-ring (bicyclic) bond motifs is 1. The zero-order chi connectivity index (χ0) is 35.7. The minimum atomic E-state index is -5.08. The normalized spacial score (nSPS) is 19.6. The molecule has 0 bridgehead atoms. The molecule has 0 spiro atoms. The van der Waals surface area contributed by atoms with Crippen LogP contribution in [0.1, 0.15) is 78.7 Å². The predicted octanol–water partition coefficient (Wildman–Crippen LogP) is 7.51. The van der Waals surface area contributed by atoms with Crippen LogP contribution >= 0.6 is 11.6 Å². The third-order valence-corrected chi connectivity index (χ3v) is 9.98. The van der Waals surface area contributed by atoms with Gasteiger partial charge in [-0.25, -0.2) is 4.79 Å². The first-order valence-electron chi connectivity index (χ1n) is 17.1. The molecule has 2 atom stereocenters. The average molecular weight is 710 g/mol. The van der Waals surface area contributed by atoms with E-state index >= 15 is 0 Å². The number of likely N-dealkylation sites (tertiary alicyclic amines) is 1. The van der Waals surface area contributed by atoms with E-state index in [2.05, 4.69) is 77.4 Å². The van der Waals surface area contributed by atoms with Crippen LogP contribution in [0.2, 0.25) is 5.02 Å². The number of carboxylic acid groups (broad SMARTS) is 1. The second-order valence-electron chi connectivity index (χ2n) is 13.2. The maximum absolute atomic E-state index is 13.4. The zero-order valence-corrected chi connectivity index (χ0v) is 28.6. The van der Waals surface area contributed by atoms with Crippen LogP contribution in [0, 0.1) is 0 Å². The number of carbonyl (C=O) groups excluding carboxylic acids is 2. The molecule has 1 aliphatic carbocycles. The SMILES string of the molecule is O=C(N[C@H](CC=C1CCC(c2ccccc2CN2CCCC2=O)CC1)Cc1ccc(Cl)cc1)[C@H]1Cc2ccccc2CN1.O=C(O)C(F)(F)F. The summed E-state index contributed by atoms with van der Waals surface area (Å²) in [4.78, 5) is 36.6. The molecule has 3 N–H and O–H groups in total. The van der Waals surface area contributed by atoms with Crippen LogP contribution in [0.3, 0.4) is 0 Å². The van der Waals surface area contributed by atoms with Gasteiger partial charge in [0.1, 0.15) is 0 Å². The fraction of sp³-hybridized carbons (Fsp3) is 0.410. The summed E-state index contributed by atoms with van der Waals surface area (Å²) in [5.74, 6) is -1.87. The molecule has 0 aromatic heterocycles. The van der Waals surface area contributed by atoms with Crippen LogP contribution in [0.4, 0.5) is 13.2 Å². The Balaban J connectivity index is 0.000000630. The first kappa shape index (κ1) is 37.1. The second-order valence-corrected chi connectivity index (χ2v) is 13.7. The quantitative estimate of drug-likeness (QED) is 0.200. The lowest BCUT2D eigenvalue weighted by molar-refractivity contribution is -0.192. The summed E-state index contributed by atoms with van der Waals surface area (Å²) >= 11 is 6.15. The molecule has 7 nitrogen and oxygen atoms in total. The van der Waals surface area contributed by atoms with Gasteiger partial charge >= 0.3 is 12.1 Å². The zero-order valence-electron chi connectivity index (χ0n) is 27.9. The van der Waals surface area contributed by atoms with Crippen LogP contribution in [0.25, 0.3) is 0 Å². The molecule has 2 heterocycles. The highest BCUT2D eigenvalue weighted by Gasteiger charge is 2.38. The van der Waals surface area contributed by atoms with Crippen LogP contribution in [0.15, 0.2) is 84.4 Å². The lowest BCUT2D eigenvalue weighted by atomic mass is 9.79. The van der Waals surface area contributed by atoms with E-state index in [1.807, 2.05) is 17.0 Å². The molecule has 2 fully saturated rings. The van der Waals surface area contributed by atoms with Gasteiger partial charge in [0.2, 0.25) is 11.8 Å². The third-order valence-electron chi connectivity index (χ3n) is 9.73. The fourth-order valence-corrected chi connectivity index (χ4v) is 7.13. The second kappa shape index (κ2) is 17.2. The Labute approximate surface area is 295 Å². The minimum Gasteiger partial charge on any atom is -0.475 e. The summed E-state index contributed by atoms with van der Waals surface area (Å²) < 4.78 is 31.7. The molecule has 2 aliphatic heterocycles. The largest absolute Gasteiger partial charge is 0.490 e. The Morgan fingerprint density at radius 2 is 1.64 bits per heavy atom. The number of hydrogen-bond donors (Lipinski definition) is 3. The van der Waals surface area contributed by atoms with E-state index in [0.29, 0.717) is 18.8 Å². The number of nitrogens with zero attached hydrogens (tertiary/aromatic N) is 1. The van der Waals surface area contributed by atoms with Crippen LogP contribution < -0.4 is 10.6 Å². The molecular formula is C39H43ClF3N3O4. The van der Waals surface area contributed by atoms with Crippen molar-refractivity contribution in [1.82, 2.24) is 15.5 Å². The summed E-state index contributed by atoms with van der Waals surface area (Å²) in [7, 11) is 0. The molecule has 1 saturated carbocycles. The molecule has 1 saturated heterocycles. The van der Waals surface area contributed by atoms with Gasteiger partial charge in [-0.2, -0.15) is 13.2 Å². The van der Waals surface area contributed by atoms with Gasteiger partial charge in [0.15, 0.2) is 0 Å². The monoisotopic (exact) mass is 709 g/mol. The molecule has 3 aromatic carbocycles. The number of benzene rings is 3. The van der Waals surface area contributed by atoms with Crippen LogP contribution in [-0.4, -0.2) is 52.6 Å². The van der Waals surface area contributed by atoms with Crippen molar-refractivity contribution in [3.8, 4) is 0 Å². The summed E-state index contributed by atoms with van der Waals surface area (Å²) in [6.07, 6.45) is 5.64. The number of hydrogen-bond acceptors (Lipinski definition) is 4. The Hall–Kier alpha value is -4.15. The van der Waals surface area contributed by atoms with Crippen LogP contribution in [-0.2, 0) is 40.3 Å². The van der Waals surface area contributed by atoms with Gasteiger partial charge in [-0.15, -0.1) is 0 Å². The molecule has 3 aliphatic rings. The van der Waals surface area contributed by atoms with Crippen molar-refractivity contribution in [3.63, 3.8) is 0 Å². The molecule has 266 valence electrons. The third kappa shape index (κ3) is 10.4. The molecule has 3 aromatic rings. The minimum absolute atomic E-state index is 0.0107. The summed E-state index contributed by atoms with van der Waals surface area (Å²) in [6, 6.07) is 24.8. The number of alkyl halides is 3. The number of amides is 2. The van der Waals surface area contributed by atoms with Gasteiger partial charge in [0.25, 0.3) is 0 Å². The van der Waals surface area contributed by atoms with Gasteiger partial charge in [-0.05, 0) is 97.2 Å². The predicted molar refractivity (Wildman–Crippen MR) is 187 cm³/mol. The molecule has 50 heavy (non-hydrogen) atoms. The first-order chi connectivity index (χ1) is 24.0. The molecule has 11 heteroatoms. The molecule has 6 rings (SSSR count). The topological polar surface area (TPSA) is 98.7 Å². The summed E-state index contributed by atoms with van der Waals surface area (Å²) in [5.41, 5.74) is 7.91. The molecule has 0 unspecified atom stereocenters. The van der Waals surface area contributed by atoms with E-state index in [9.17, 15) is 22.8 Å². The average Bonchev–Trinajstić information content (AvgIpc) is 3.52. The number of halogens is 4. The highest BCUT2D eigenvalue weighted by Crippen LogP contribution is 2.37. The Bertz CT molecular complexity index is 1670. The maximum Gasteiger partial charge on any atom is 0.490 e. The highest BCUT2D eigenvalue weighted by atomic mass is 35.5. The van der Waals surface area contributed by atoms with Crippen molar-refractivity contribution < 1.29 is 32.7 Å². The van der Waals surface area contributed by atoms with E-state index in [4.69, 9.17) is 21.5 Å². The number of aliphatic carboxylic acids is 1. The summed E-state index contributed by atoms with van der Waals surface area (Å²) in [6.45, 7) is 2.34. The van der Waals surface area contributed by atoms with Crippen molar-refractivity contribution >= 4 is 29.4 Å². The Morgan fingerprint density at radius 3 is 2.30 bits per heavy atom. The van der Waals surface area contributed by atoms with Gasteiger partial charge in [-0.1, -0.05) is 83.9 Å². The van der Waals surface area contributed by atoms with Gasteiger partial charge in [-0.3, -0.25) is 9.59 Å². The summed E-state index contributed by atoms with van der Waals surface area (Å²) in [5, 5.41) is 14.7. The van der Waals surface area contributed by atoms with Crippen molar-refractivity contribution in [3.05, 3.63) is 117 Å². The molecule has 0 radical (unpaired) electrons. The standard InChI is InChI=1S/C37H42ClN3O2.C2HF3O2/c38-32-18-13-27(14-19-32)22-33(40-37(43)35-23-29-6-1-2-7-30(29)24-39-35)20-15-26-11-16-28(17-12-26)34-9-4-3-8-31(34)25-41-21-5-10-36(41)42;3-2(4,5)1(6)7/h1-4,6-9,13-15,18-19,28,33,35,39H,5,10-12,16-17,20-25H2,(H,40,43);(H,6,7)/t28?,33-,35-;/m1./s1. The smallest absolute Gasteiger partial charge is 0.475 e. The lowest BCUT2D eigenvalue weighted by Crippen LogP contribution is -2.50. The van der Waals surface area contributed by atoms with Crippen molar-refractivity contribution in [2.45, 2.75) is 95.1 Å². The van der Waals surface area contributed by atoms with E-state index in [1.165, 1.54) is 33.4 Å².